The molecule has 35 heavy (non-hydrogen) atoms. The summed E-state index contributed by atoms with van der Waals surface area (Å²) < 4.78 is 8.36. The summed E-state index contributed by atoms with van der Waals surface area (Å²) in [6.45, 7) is 1.79. The Morgan fingerprint density at radius 3 is 2.57 bits per heavy atom. The molecule has 0 aliphatic rings. The fourth-order valence-corrected chi connectivity index (χ4v) is 3.43. The number of aliphatic hydroxyl groups is 1. The van der Waals surface area contributed by atoms with Crippen molar-refractivity contribution in [3.63, 3.8) is 0 Å². The van der Waals surface area contributed by atoms with E-state index in [1.165, 1.54) is 16.2 Å². The number of aryl methyl sites for hydroxylation is 1. The van der Waals surface area contributed by atoms with Crippen molar-refractivity contribution < 1.29 is 9.84 Å². The first-order valence-electron chi connectivity index (χ1n) is 11.0. The topological polar surface area (TPSA) is 127 Å². The highest BCUT2D eigenvalue weighted by Gasteiger charge is 2.20. The number of benzene rings is 2. The van der Waals surface area contributed by atoms with Crippen molar-refractivity contribution in [2.24, 2.45) is 12.1 Å². The third kappa shape index (κ3) is 5.74. The third-order valence-corrected chi connectivity index (χ3v) is 5.23. The number of H-pyrrole nitrogens is 1. The summed E-state index contributed by atoms with van der Waals surface area (Å²) in [5.41, 5.74) is 3.66. The molecule has 0 aliphatic heterocycles. The first kappa shape index (κ1) is 23.7. The van der Waals surface area contributed by atoms with Crippen molar-refractivity contribution in [3.05, 3.63) is 93.1 Å². The van der Waals surface area contributed by atoms with Crippen molar-refractivity contribution in [1.29, 1.82) is 0 Å². The van der Waals surface area contributed by atoms with Gasteiger partial charge in [0.2, 0.25) is 5.95 Å². The highest BCUT2D eigenvalue weighted by molar-refractivity contribution is 5.96. The van der Waals surface area contributed by atoms with Gasteiger partial charge in [-0.15, -0.1) is 0 Å². The van der Waals surface area contributed by atoms with Crippen molar-refractivity contribution >= 4 is 28.9 Å². The van der Waals surface area contributed by atoms with Crippen LogP contribution in [-0.4, -0.2) is 42.6 Å². The molecule has 10 nitrogen and oxygen atoms in total. The summed E-state index contributed by atoms with van der Waals surface area (Å²) in [6.07, 6.45) is 2.79. The summed E-state index contributed by atoms with van der Waals surface area (Å²) in [6, 6.07) is 18.9. The smallest absolute Gasteiger partial charge is 0.329 e. The minimum Gasteiger partial charge on any atom is -0.491 e. The van der Waals surface area contributed by atoms with Crippen LogP contribution < -0.4 is 21.4 Å². The number of rotatable bonds is 9. The van der Waals surface area contributed by atoms with E-state index in [4.69, 9.17) is 4.74 Å². The van der Waals surface area contributed by atoms with E-state index in [0.29, 0.717) is 11.5 Å². The van der Waals surface area contributed by atoms with Gasteiger partial charge in [0, 0.05) is 7.05 Å². The molecular weight excluding hydrogens is 448 g/mol. The van der Waals surface area contributed by atoms with Gasteiger partial charge in [-0.1, -0.05) is 54.6 Å². The second-order valence-electron chi connectivity index (χ2n) is 7.92. The van der Waals surface area contributed by atoms with Gasteiger partial charge >= 0.3 is 5.69 Å². The van der Waals surface area contributed by atoms with Crippen molar-refractivity contribution in [2.75, 3.05) is 12.0 Å². The number of hydrogen-bond acceptors (Lipinski definition) is 7. The average Bonchev–Trinajstić information content (AvgIpc) is 3.23. The van der Waals surface area contributed by atoms with Crippen molar-refractivity contribution in [2.45, 2.75) is 19.6 Å². The van der Waals surface area contributed by atoms with Gasteiger partial charge in [-0.3, -0.25) is 14.3 Å². The minimum atomic E-state index is -0.965. The molecule has 0 saturated heterocycles. The van der Waals surface area contributed by atoms with Crippen molar-refractivity contribution in [3.8, 4) is 5.75 Å². The lowest BCUT2D eigenvalue weighted by Crippen LogP contribution is -2.30. The normalized spacial score (nSPS) is 12.8. The summed E-state index contributed by atoms with van der Waals surface area (Å²) in [5, 5.41) is 15.0. The standard InChI is InChI=1S/C25H26N6O4/c1-17(13-14-18-9-5-3-6-10-18)28-29-24-26-22-21(23(33)27-25(34)30(22)2)31(24)15-19(32)16-35-20-11-7-4-8-12-20/h3-14,19,32H,15-16H2,1-2H3,(H,26,29)(H,27,33,34)/b14-13+,28-17-/t19-/m1/s1. The summed E-state index contributed by atoms with van der Waals surface area (Å²) in [4.78, 5) is 31.4. The van der Waals surface area contributed by atoms with Gasteiger partial charge in [0.25, 0.3) is 5.56 Å². The maximum Gasteiger partial charge on any atom is 0.329 e. The Hall–Kier alpha value is -4.44. The van der Waals surface area contributed by atoms with Gasteiger partial charge in [0.15, 0.2) is 11.2 Å². The van der Waals surface area contributed by atoms with Crippen LogP contribution in [-0.2, 0) is 13.6 Å². The van der Waals surface area contributed by atoms with E-state index in [2.05, 4.69) is 20.5 Å². The maximum absolute atomic E-state index is 12.6. The Morgan fingerprint density at radius 1 is 1.17 bits per heavy atom. The largest absolute Gasteiger partial charge is 0.491 e. The highest BCUT2D eigenvalue weighted by Crippen LogP contribution is 2.17. The van der Waals surface area contributed by atoms with Crippen LogP contribution in [0.1, 0.15) is 12.5 Å². The first-order valence-corrected chi connectivity index (χ1v) is 11.0. The molecule has 4 rings (SSSR count). The van der Waals surface area contributed by atoms with Crippen LogP contribution >= 0.6 is 0 Å². The monoisotopic (exact) mass is 474 g/mol. The lowest BCUT2D eigenvalue weighted by atomic mass is 10.2. The lowest BCUT2D eigenvalue weighted by Gasteiger charge is -2.15. The fraction of sp³-hybridized carbons (Fsp3) is 0.200. The molecule has 0 amide bonds. The first-order chi connectivity index (χ1) is 16.9. The number of allylic oxidation sites excluding steroid dienone is 1. The number of fused-ring (bicyclic) bond motifs is 1. The predicted octanol–water partition coefficient (Wildman–Crippen LogP) is 2.36. The zero-order valence-corrected chi connectivity index (χ0v) is 19.4. The van der Waals surface area contributed by atoms with Gasteiger partial charge in [-0.05, 0) is 30.7 Å². The Bertz CT molecular complexity index is 1470. The van der Waals surface area contributed by atoms with E-state index in [1.54, 1.807) is 12.1 Å². The number of ether oxygens (including phenoxy) is 1. The highest BCUT2D eigenvalue weighted by atomic mass is 16.5. The predicted molar refractivity (Wildman–Crippen MR) is 136 cm³/mol. The Balaban J connectivity index is 1.60. The summed E-state index contributed by atoms with van der Waals surface area (Å²) in [5.74, 6) is 0.823. The number of nitrogens with zero attached hydrogens (tertiary/aromatic N) is 4. The molecule has 0 spiro atoms. The van der Waals surface area contributed by atoms with Crippen LogP contribution in [0.4, 0.5) is 5.95 Å². The van der Waals surface area contributed by atoms with E-state index >= 15 is 0 Å². The second kappa shape index (κ2) is 10.7. The van der Waals surface area contributed by atoms with Crippen LogP contribution in [0.3, 0.4) is 0 Å². The van der Waals surface area contributed by atoms with E-state index < -0.39 is 17.4 Å². The number of anilines is 1. The third-order valence-electron chi connectivity index (χ3n) is 5.23. The molecule has 1 atom stereocenters. The average molecular weight is 475 g/mol. The molecule has 2 aromatic carbocycles. The summed E-state index contributed by atoms with van der Waals surface area (Å²) >= 11 is 0. The zero-order valence-electron chi connectivity index (χ0n) is 19.4. The van der Waals surface area contributed by atoms with E-state index in [1.807, 2.05) is 67.6 Å². The molecule has 0 unspecified atom stereocenters. The SMILES string of the molecule is CC(/C=C/c1ccccc1)=N/Nc1nc2c(c(=O)[nH]c(=O)n2C)n1C[C@@H](O)COc1ccccc1. The number of aliphatic hydroxyl groups excluding tert-OH is 1. The zero-order chi connectivity index (χ0) is 24.8. The molecule has 10 heteroatoms. The van der Waals surface area contributed by atoms with Crippen LogP contribution in [0.25, 0.3) is 17.2 Å². The van der Waals surface area contributed by atoms with E-state index in [9.17, 15) is 14.7 Å². The molecule has 3 N–H and O–H groups in total. The molecule has 0 radical (unpaired) electrons. The lowest BCUT2D eigenvalue weighted by molar-refractivity contribution is 0.0938. The molecule has 0 fully saturated rings. The maximum atomic E-state index is 12.6. The van der Waals surface area contributed by atoms with Crippen LogP contribution in [0, 0.1) is 0 Å². The molecule has 0 bridgehead atoms. The van der Waals surface area contributed by atoms with Crippen molar-refractivity contribution in [1.82, 2.24) is 19.1 Å². The van der Waals surface area contributed by atoms with Crippen LogP contribution in [0.15, 0.2) is 81.4 Å². The number of imidazole rings is 1. The Morgan fingerprint density at radius 2 is 1.86 bits per heavy atom. The molecule has 2 aromatic heterocycles. The molecular formula is C25H26N6O4. The molecule has 180 valence electrons. The number of aromatic amines is 1. The molecule has 4 aromatic rings. The number of hydrogen-bond donors (Lipinski definition) is 3. The van der Waals surface area contributed by atoms with Crippen LogP contribution in [0.5, 0.6) is 5.75 Å². The van der Waals surface area contributed by atoms with Crippen LogP contribution in [0.2, 0.25) is 0 Å². The number of nitrogens with one attached hydrogen (secondary N) is 2. The quantitative estimate of drug-likeness (QED) is 0.253. The second-order valence-corrected chi connectivity index (χ2v) is 7.92. The van der Waals surface area contributed by atoms with Gasteiger partial charge in [-0.2, -0.15) is 10.1 Å². The fourth-order valence-electron chi connectivity index (χ4n) is 3.43. The van der Waals surface area contributed by atoms with Gasteiger partial charge in [0.05, 0.1) is 12.3 Å². The number of hydrazone groups is 1. The minimum absolute atomic E-state index is 0.00505. The van der Waals surface area contributed by atoms with Gasteiger partial charge in [0.1, 0.15) is 18.5 Å². The van der Waals surface area contributed by atoms with E-state index in [0.717, 1.165) is 5.56 Å². The number of para-hydroxylation sites is 1. The van der Waals surface area contributed by atoms with E-state index in [-0.39, 0.29) is 30.3 Å². The van der Waals surface area contributed by atoms with Gasteiger partial charge < -0.3 is 14.4 Å². The van der Waals surface area contributed by atoms with Gasteiger partial charge in [-0.25, -0.2) is 10.2 Å². The Kier molecular flexibility index (Phi) is 7.22. The molecule has 2 heterocycles. The summed E-state index contributed by atoms with van der Waals surface area (Å²) in [7, 11) is 1.51. The molecule has 0 saturated carbocycles. The molecule has 0 aliphatic carbocycles. The number of aromatic nitrogens is 4. The Labute approximate surface area is 200 Å².